The van der Waals surface area contributed by atoms with E-state index in [1.54, 1.807) is 43.0 Å². The van der Waals surface area contributed by atoms with E-state index in [-0.39, 0.29) is 17.4 Å². The highest BCUT2D eigenvalue weighted by atomic mass is 17.1. The normalized spacial score (nSPS) is 16.1. The van der Waals surface area contributed by atoms with Gasteiger partial charge < -0.3 is 9.79 Å². The van der Waals surface area contributed by atoms with E-state index in [0.29, 0.717) is 40.8 Å². The average molecular weight is 362 g/mol. The van der Waals surface area contributed by atoms with Gasteiger partial charge in [0.25, 0.3) is 5.91 Å². The second-order valence-electron chi connectivity index (χ2n) is 6.61. The highest BCUT2D eigenvalue weighted by molar-refractivity contribution is 6.05. The summed E-state index contributed by atoms with van der Waals surface area (Å²) >= 11 is 0. The molecule has 0 aliphatic carbocycles. The van der Waals surface area contributed by atoms with Crippen molar-refractivity contribution < 1.29 is 19.7 Å². The Balaban J connectivity index is 1.87. The van der Waals surface area contributed by atoms with Crippen LogP contribution in [0.3, 0.4) is 0 Å². The van der Waals surface area contributed by atoms with Crippen LogP contribution in [0.5, 0.6) is 5.75 Å². The molecule has 0 saturated carbocycles. The van der Waals surface area contributed by atoms with E-state index in [1.165, 1.54) is 6.07 Å². The Kier molecular flexibility index (Phi) is 5.24. The minimum absolute atomic E-state index is 0.140. The number of carbonyl (C=O) groups is 2. The van der Waals surface area contributed by atoms with E-state index in [0.717, 1.165) is 6.42 Å². The summed E-state index contributed by atoms with van der Waals surface area (Å²) in [5.41, 5.74) is 2.34. The molecule has 1 amide bonds. The first-order valence-electron chi connectivity index (χ1n) is 8.65. The second kappa shape index (κ2) is 7.60. The highest BCUT2D eigenvalue weighted by Gasteiger charge is 2.35. The van der Waals surface area contributed by atoms with Gasteiger partial charge >= 0.3 is 0 Å². The van der Waals surface area contributed by atoms with E-state index in [1.807, 2.05) is 6.07 Å². The summed E-state index contributed by atoms with van der Waals surface area (Å²) in [6.45, 7) is 3.86. The average Bonchev–Trinajstić information content (AvgIpc) is 3.18. The Hall–Kier alpha value is -3.17. The number of nitrogens with zero attached hydrogens (tertiary/aromatic N) is 2. The van der Waals surface area contributed by atoms with Gasteiger partial charge in [0.1, 0.15) is 0 Å². The molecule has 2 radical (unpaired) electrons. The Morgan fingerprint density at radius 2 is 1.96 bits per heavy atom. The molecule has 1 unspecified atom stereocenters. The van der Waals surface area contributed by atoms with E-state index in [2.05, 4.69) is 11.0 Å². The van der Waals surface area contributed by atoms with E-state index < -0.39 is 6.04 Å². The van der Waals surface area contributed by atoms with Crippen LogP contribution in [-0.4, -0.2) is 29.2 Å². The van der Waals surface area contributed by atoms with Gasteiger partial charge in [-0.05, 0) is 62.6 Å². The van der Waals surface area contributed by atoms with Crippen LogP contribution in [0, 0.1) is 31.2 Å². The van der Waals surface area contributed by atoms with Gasteiger partial charge in [0.2, 0.25) is 0 Å². The predicted molar refractivity (Wildman–Crippen MR) is 95.6 cm³/mol. The van der Waals surface area contributed by atoms with Crippen molar-refractivity contribution in [2.45, 2.75) is 32.7 Å². The van der Waals surface area contributed by atoms with Gasteiger partial charge in [0.15, 0.2) is 11.5 Å². The summed E-state index contributed by atoms with van der Waals surface area (Å²) in [5.74, 6) is -0.280. The van der Waals surface area contributed by atoms with Gasteiger partial charge in [-0.15, -0.1) is 0 Å². The minimum atomic E-state index is -0.568. The Bertz CT molecular complexity index is 928. The van der Waals surface area contributed by atoms with E-state index >= 15 is 0 Å². The first-order chi connectivity index (χ1) is 13.0. The summed E-state index contributed by atoms with van der Waals surface area (Å²) in [6.07, 6.45) is 1.31. The van der Waals surface area contributed by atoms with Crippen molar-refractivity contribution in [3.05, 3.63) is 64.2 Å². The van der Waals surface area contributed by atoms with Crippen molar-refractivity contribution in [3.63, 3.8) is 0 Å². The van der Waals surface area contributed by atoms with Gasteiger partial charge in [-0.3, -0.25) is 9.59 Å². The molecule has 1 heterocycles. The molecule has 1 saturated heterocycles. The molecule has 3 rings (SSSR count). The lowest BCUT2D eigenvalue weighted by Gasteiger charge is -2.24. The molecule has 6 heteroatoms. The Morgan fingerprint density at radius 1 is 1.26 bits per heavy atom. The maximum atomic E-state index is 13.1. The van der Waals surface area contributed by atoms with E-state index in [9.17, 15) is 14.8 Å². The third-order valence-corrected chi connectivity index (χ3v) is 4.84. The molecule has 136 valence electrons. The van der Waals surface area contributed by atoms with Crippen LogP contribution in [0.1, 0.15) is 50.2 Å². The largest absolute Gasteiger partial charge is 0.328 e. The van der Waals surface area contributed by atoms with Crippen molar-refractivity contribution in [1.82, 2.24) is 4.90 Å². The highest BCUT2D eigenvalue weighted by Crippen LogP contribution is 2.28. The molecule has 0 bridgehead atoms. The number of ketones is 1. The molecular formula is C21H18N2O4. The van der Waals surface area contributed by atoms with Crippen molar-refractivity contribution >= 4 is 11.7 Å². The summed E-state index contributed by atoms with van der Waals surface area (Å²) < 4.78 is 0. The molecule has 2 aromatic rings. The van der Waals surface area contributed by atoms with Gasteiger partial charge in [0.05, 0.1) is 17.7 Å². The van der Waals surface area contributed by atoms with Crippen molar-refractivity contribution in [3.8, 4) is 11.8 Å². The van der Waals surface area contributed by atoms with Crippen LogP contribution >= 0.6 is 0 Å². The molecule has 27 heavy (non-hydrogen) atoms. The zero-order valence-electron chi connectivity index (χ0n) is 15.1. The Morgan fingerprint density at radius 3 is 2.59 bits per heavy atom. The summed E-state index contributed by atoms with van der Waals surface area (Å²) in [6, 6.07) is 12.3. The van der Waals surface area contributed by atoms with Gasteiger partial charge in [-0.25, -0.2) is 0 Å². The lowest BCUT2D eigenvalue weighted by atomic mass is 9.95. The number of hydrogen-bond acceptors (Lipinski definition) is 4. The minimum Gasteiger partial charge on any atom is -0.328 e. The molecule has 1 aliphatic heterocycles. The van der Waals surface area contributed by atoms with Crippen LogP contribution in [0.15, 0.2) is 30.3 Å². The number of aryl methyl sites for hydroxylation is 2. The monoisotopic (exact) mass is 362 g/mol. The topological polar surface area (TPSA) is 90.3 Å². The number of Topliss-reactive ketones (excluding diaryl/α,β-unsaturated/α-hetero) is 1. The lowest BCUT2D eigenvalue weighted by molar-refractivity contribution is -0.209. The fourth-order valence-electron chi connectivity index (χ4n) is 3.37. The summed E-state index contributed by atoms with van der Waals surface area (Å²) in [4.78, 5) is 31.6. The predicted octanol–water partition coefficient (Wildman–Crippen LogP) is 3.19. The molecule has 0 aromatic heterocycles. The summed E-state index contributed by atoms with van der Waals surface area (Å²) in [7, 11) is 0. The first kappa shape index (κ1) is 18.6. The number of rotatable bonds is 4. The number of hydrogen-bond donors (Lipinski definition) is 0. The van der Waals surface area contributed by atoms with Gasteiger partial charge in [-0.1, -0.05) is 0 Å². The van der Waals surface area contributed by atoms with Crippen LogP contribution in [0.25, 0.3) is 0 Å². The van der Waals surface area contributed by atoms with Crippen molar-refractivity contribution in [2.24, 2.45) is 0 Å². The number of benzene rings is 2. The molecule has 0 N–H and O–H groups in total. The number of amides is 1. The van der Waals surface area contributed by atoms with Crippen molar-refractivity contribution in [2.75, 3.05) is 6.54 Å². The van der Waals surface area contributed by atoms with Crippen LogP contribution < -0.4 is 4.89 Å². The lowest BCUT2D eigenvalue weighted by Crippen LogP contribution is -2.40. The standard InChI is InChI=1S/C21H18N2O4/c1-13-11-19(27-26)14(2)10-17(13)20(24)18-4-3-9-23(18)21(25)16-7-5-15(12-22)6-8-16/h5-8,11,18H,3-4,9H2,1-2H3. The molecule has 1 atom stereocenters. The van der Waals surface area contributed by atoms with Crippen LogP contribution in [-0.2, 0) is 5.26 Å². The first-order valence-corrected chi connectivity index (χ1v) is 8.65. The molecule has 1 aliphatic rings. The third-order valence-electron chi connectivity index (χ3n) is 4.84. The van der Waals surface area contributed by atoms with Crippen LogP contribution in [0.4, 0.5) is 0 Å². The molecule has 0 spiro atoms. The zero-order chi connectivity index (χ0) is 19.6. The fourth-order valence-corrected chi connectivity index (χ4v) is 3.37. The quantitative estimate of drug-likeness (QED) is 0.474. The second-order valence-corrected chi connectivity index (χ2v) is 6.61. The Labute approximate surface area is 157 Å². The molecular weight excluding hydrogens is 344 g/mol. The maximum absolute atomic E-state index is 13.1. The van der Waals surface area contributed by atoms with Gasteiger partial charge in [-0.2, -0.15) is 5.26 Å². The van der Waals surface area contributed by atoms with Gasteiger partial charge in [0, 0.05) is 34.6 Å². The molecule has 2 aromatic carbocycles. The van der Waals surface area contributed by atoms with Crippen molar-refractivity contribution in [1.29, 1.82) is 5.26 Å². The SMILES string of the molecule is Cc1[c]c(C(=O)C2CCCN2C(=O)c2ccc(C#N)cc2)c(C)cc1O[O]. The fraction of sp³-hybridized carbons (Fsp3) is 0.286. The molecule has 6 nitrogen and oxygen atoms in total. The third kappa shape index (κ3) is 3.55. The number of likely N-dealkylation sites (tertiary alicyclic amines) is 1. The summed E-state index contributed by atoms with van der Waals surface area (Å²) in [5, 5.41) is 19.6. The smallest absolute Gasteiger partial charge is 0.254 e. The maximum Gasteiger partial charge on any atom is 0.254 e. The number of nitriles is 1. The number of carbonyl (C=O) groups excluding carboxylic acids is 2. The molecule has 1 fully saturated rings. The van der Waals surface area contributed by atoms with E-state index in [4.69, 9.17) is 5.26 Å². The van der Waals surface area contributed by atoms with Crippen LogP contribution in [0.2, 0.25) is 0 Å². The zero-order valence-corrected chi connectivity index (χ0v) is 15.1.